The molecule has 0 fully saturated rings. The third kappa shape index (κ3) is 4.09. The molecule has 0 bridgehead atoms. The van der Waals surface area contributed by atoms with Crippen LogP contribution in [0.2, 0.25) is 0 Å². The summed E-state index contributed by atoms with van der Waals surface area (Å²) in [4.78, 5) is 30.8. The maximum Gasteiger partial charge on any atom is 0.246 e. The Bertz CT molecular complexity index is 1220. The molecule has 0 radical (unpaired) electrons. The second kappa shape index (κ2) is 8.47. The van der Waals surface area contributed by atoms with Crippen LogP contribution in [0.15, 0.2) is 47.0 Å². The number of likely N-dealkylation sites (N-methyl/N-ethyl adjacent to an activating group) is 1. The molecule has 2 amide bonds. The summed E-state index contributed by atoms with van der Waals surface area (Å²) < 4.78 is 5.90. The van der Waals surface area contributed by atoms with Gasteiger partial charge in [-0.25, -0.2) is 4.98 Å². The number of hydrogen-bond acceptors (Lipinski definition) is 6. The van der Waals surface area contributed by atoms with E-state index in [0.717, 1.165) is 22.3 Å². The lowest BCUT2D eigenvalue weighted by atomic mass is 9.91. The Kier molecular flexibility index (Phi) is 5.71. The number of benzene rings is 1. The molecule has 1 atom stereocenters. The molecule has 8 heteroatoms. The van der Waals surface area contributed by atoms with Crippen molar-refractivity contribution in [3.05, 3.63) is 59.5 Å². The second-order valence-electron chi connectivity index (χ2n) is 8.37. The summed E-state index contributed by atoms with van der Waals surface area (Å²) in [6.07, 6.45) is 4.74. The fraction of sp³-hybridized carbons (Fsp3) is 0.292. The lowest BCUT2D eigenvalue weighted by Crippen LogP contribution is -2.40. The molecule has 0 unspecified atom stereocenters. The predicted molar refractivity (Wildman–Crippen MR) is 123 cm³/mol. The molecular formula is C24H26N4O4. The SMILES string of the molecule is Cc1c(CN(C)C(=O)/C=C/c2cnc3c(c2)NC[C@](C)(CO)C(=O)N3)oc2ccccc12. The Morgan fingerprint density at radius 3 is 2.91 bits per heavy atom. The zero-order chi connectivity index (χ0) is 22.9. The number of carbonyl (C=O) groups is 2. The number of para-hydroxylation sites is 1. The highest BCUT2D eigenvalue weighted by Crippen LogP contribution is 2.29. The van der Waals surface area contributed by atoms with Crippen LogP contribution < -0.4 is 10.6 Å². The van der Waals surface area contributed by atoms with Gasteiger partial charge in [0.05, 0.1) is 24.3 Å². The van der Waals surface area contributed by atoms with Gasteiger partial charge < -0.3 is 25.1 Å². The van der Waals surface area contributed by atoms with Gasteiger partial charge >= 0.3 is 0 Å². The average molecular weight is 434 g/mol. The van der Waals surface area contributed by atoms with Crippen LogP contribution in [-0.4, -0.2) is 47.0 Å². The van der Waals surface area contributed by atoms with E-state index in [9.17, 15) is 14.7 Å². The molecule has 2 aromatic heterocycles. The van der Waals surface area contributed by atoms with Crippen LogP contribution in [0.3, 0.4) is 0 Å². The van der Waals surface area contributed by atoms with Crippen molar-refractivity contribution in [1.29, 1.82) is 0 Å². The summed E-state index contributed by atoms with van der Waals surface area (Å²) >= 11 is 0. The van der Waals surface area contributed by atoms with Gasteiger partial charge in [0.15, 0.2) is 5.82 Å². The van der Waals surface area contributed by atoms with Gasteiger partial charge in [-0.05, 0) is 37.6 Å². The minimum Gasteiger partial charge on any atom is -0.459 e. The number of aromatic nitrogens is 1. The van der Waals surface area contributed by atoms with E-state index in [4.69, 9.17) is 4.42 Å². The molecule has 1 aromatic carbocycles. The van der Waals surface area contributed by atoms with Crippen LogP contribution in [-0.2, 0) is 16.1 Å². The standard InChI is InChI=1S/C24H26N4O4/c1-15-17-6-4-5-7-19(17)32-20(15)12-28(3)21(30)9-8-16-10-18-22(25-11-16)27-23(31)24(2,14-29)13-26-18/h4-11,26,29H,12-14H2,1-3H3,(H,25,27,31)/b9-8+/t24-/m1/s1. The molecule has 8 nitrogen and oxygen atoms in total. The Hall–Kier alpha value is -3.65. The topological polar surface area (TPSA) is 108 Å². The van der Waals surface area contributed by atoms with Crippen molar-refractivity contribution in [2.24, 2.45) is 5.41 Å². The minimum atomic E-state index is -0.940. The fourth-order valence-corrected chi connectivity index (χ4v) is 3.53. The molecule has 4 rings (SSSR count). The Morgan fingerprint density at radius 2 is 2.16 bits per heavy atom. The van der Waals surface area contributed by atoms with Crippen molar-refractivity contribution in [2.75, 3.05) is 30.8 Å². The van der Waals surface area contributed by atoms with Crippen molar-refractivity contribution < 1.29 is 19.1 Å². The largest absolute Gasteiger partial charge is 0.459 e. The van der Waals surface area contributed by atoms with Crippen molar-refractivity contribution in [3.8, 4) is 0 Å². The van der Waals surface area contributed by atoms with Crippen LogP contribution in [0.4, 0.5) is 11.5 Å². The summed E-state index contributed by atoms with van der Waals surface area (Å²) in [7, 11) is 1.72. The summed E-state index contributed by atoms with van der Waals surface area (Å²) in [5, 5.41) is 16.5. The number of nitrogens with zero attached hydrogens (tertiary/aromatic N) is 2. The maximum atomic E-state index is 12.6. The number of aliphatic hydroxyl groups excluding tert-OH is 1. The predicted octanol–water partition coefficient (Wildman–Crippen LogP) is 3.17. The molecule has 0 aliphatic carbocycles. The first-order valence-electron chi connectivity index (χ1n) is 10.4. The maximum absolute atomic E-state index is 12.6. The van der Waals surface area contributed by atoms with E-state index >= 15 is 0 Å². The molecule has 0 spiro atoms. The van der Waals surface area contributed by atoms with Gasteiger partial charge in [-0.2, -0.15) is 0 Å². The van der Waals surface area contributed by atoms with Crippen LogP contribution in [0, 0.1) is 12.3 Å². The summed E-state index contributed by atoms with van der Waals surface area (Å²) in [6.45, 7) is 4.03. The zero-order valence-electron chi connectivity index (χ0n) is 18.3. The molecule has 3 N–H and O–H groups in total. The second-order valence-corrected chi connectivity index (χ2v) is 8.37. The molecule has 32 heavy (non-hydrogen) atoms. The highest BCUT2D eigenvalue weighted by atomic mass is 16.3. The van der Waals surface area contributed by atoms with Crippen molar-refractivity contribution in [2.45, 2.75) is 20.4 Å². The van der Waals surface area contributed by atoms with E-state index in [1.54, 1.807) is 37.2 Å². The third-order valence-electron chi connectivity index (χ3n) is 5.82. The lowest BCUT2D eigenvalue weighted by Gasteiger charge is -2.22. The van der Waals surface area contributed by atoms with Gasteiger partial charge in [0.25, 0.3) is 0 Å². The van der Waals surface area contributed by atoms with Gasteiger partial charge in [-0.15, -0.1) is 0 Å². The van der Waals surface area contributed by atoms with E-state index in [-0.39, 0.29) is 25.0 Å². The number of anilines is 2. The number of amides is 2. The van der Waals surface area contributed by atoms with Gasteiger partial charge in [0.1, 0.15) is 11.3 Å². The average Bonchev–Trinajstić information content (AvgIpc) is 3.04. The van der Waals surface area contributed by atoms with Crippen molar-refractivity contribution in [1.82, 2.24) is 9.88 Å². The summed E-state index contributed by atoms with van der Waals surface area (Å²) in [5.74, 6) is 0.691. The Morgan fingerprint density at radius 1 is 1.38 bits per heavy atom. The Balaban J connectivity index is 1.45. The molecule has 0 saturated carbocycles. The first-order chi connectivity index (χ1) is 15.3. The number of pyridine rings is 1. The first-order valence-corrected chi connectivity index (χ1v) is 10.4. The molecule has 1 aliphatic rings. The number of hydrogen-bond donors (Lipinski definition) is 3. The lowest BCUT2D eigenvalue weighted by molar-refractivity contribution is -0.126. The van der Waals surface area contributed by atoms with Crippen molar-refractivity contribution >= 4 is 40.4 Å². The van der Waals surface area contributed by atoms with E-state index in [1.807, 2.05) is 31.2 Å². The fourth-order valence-electron chi connectivity index (χ4n) is 3.53. The summed E-state index contributed by atoms with van der Waals surface area (Å²) in [5.41, 5.74) is 2.24. The van der Waals surface area contributed by atoms with E-state index in [2.05, 4.69) is 15.6 Å². The third-order valence-corrected chi connectivity index (χ3v) is 5.82. The number of furan rings is 1. The van der Waals surface area contributed by atoms with Gasteiger partial charge in [0, 0.05) is 36.8 Å². The Labute approximate surface area is 185 Å². The number of rotatable bonds is 5. The smallest absolute Gasteiger partial charge is 0.246 e. The van der Waals surface area contributed by atoms with Crippen LogP contribution >= 0.6 is 0 Å². The highest BCUT2D eigenvalue weighted by molar-refractivity contribution is 5.99. The molecule has 3 aromatic rings. The van der Waals surface area contributed by atoms with Crippen LogP contribution in [0.25, 0.3) is 17.0 Å². The number of fused-ring (bicyclic) bond motifs is 2. The van der Waals surface area contributed by atoms with E-state index in [0.29, 0.717) is 23.6 Å². The van der Waals surface area contributed by atoms with Gasteiger partial charge in [-0.3, -0.25) is 9.59 Å². The van der Waals surface area contributed by atoms with E-state index in [1.165, 1.54) is 6.08 Å². The minimum absolute atomic E-state index is 0.172. The number of carbonyl (C=O) groups excluding carboxylic acids is 2. The zero-order valence-corrected chi connectivity index (χ0v) is 18.3. The van der Waals surface area contributed by atoms with Gasteiger partial charge in [0.2, 0.25) is 11.8 Å². The molecular weight excluding hydrogens is 408 g/mol. The number of aryl methyl sites for hydroxylation is 1. The van der Waals surface area contributed by atoms with Crippen molar-refractivity contribution in [3.63, 3.8) is 0 Å². The highest BCUT2D eigenvalue weighted by Gasteiger charge is 2.35. The molecule has 166 valence electrons. The molecule has 3 heterocycles. The quantitative estimate of drug-likeness (QED) is 0.533. The van der Waals surface area contributed by atoms with E-state index < -0.39 is 5.41 Å². The summed E-state index contributed by atoms with van der Waals surface area (Å²) in [6, 6.07) is 9.61. The van der Waals surface area contributed by atoms with Crippen LogP contribution in [0.5, 0.6) is 0 Å². The first kappa shape index (κ1) is 21.6. The van der Waals surface area contributed by atoms with Crippen LogP contribution in [0.1, 0.15) is 23.8 Å². The van der Waals surface area contributed by atoms with Gasteiger partial charge in [-0.1, -0.05) is 18.2 Å². The number of nitrogens with one attached hydrogen (secondary N) is 2. The number of aliphatic hydroxyl groups is 1. The molecule has 1 aliphatic heterocycles. The monoisotopic (exact) mass is 434 g/mol. The normalized spacial score (nSPS) is 18.2. The molecule has 0 saturated heterocycles.